The number of hydrogen-bond donors (Lipinski definition) is 2. The second-order valence-corrected chi connectivity index (χ2v) is 6.55. The molecule has 1 fully saturated rings. The third kappa shape index (κ3) is 4.44. The minimum absolute atomic E-state index is 0. The van der Waals surface area contributed by atoms with E-state index < -0.39 is 23.3 Å². The van der Waals surface area contributed by atoms with Gasteiger partial charge in [-0.1, -0.05) is 12.1 Å². The van der Waals surface area contributed by atoms with Gasteiger partial charge in [0.05, 0.1) is 11.6 Å². The Hall–Kier alpha value is -2.06. The molecule has 2 aromatic rings. The van der Waals surface area contributed by atoms with Crippen molar-refractivity contribution in [2.24, 2.45) is 0 Å². The van der Waals surface area contributed by atoms with Crippen molar-refractivity contribution in [3.63, 3.8) is 0 Å². The molecule has 1 amide bonds. The number of nitrogens with one attached hydrogen (secondary N) is 2. The average molecular weight is 403 g/mol. The van der Waals surface area contributed by atoms with Gasteiger partial charge in [-0.05, 0) is 56.6 Å². The van der Waals surface area contributed by atoms with Crippen LogP contribution in [0.2, 0.25) is 0 Å². The van der Waals surface area contributed by atoms with Gasteiger partial charge >= 0.3 is 6.18 Å². The van der Waals surface area contributed by atoms with Crippen molar-refractivity contribution in [1.82, 2.24) is 20.4 Å². The van der Waals surface area contributed by atoms with Crippen LogP contribution in [0.15, 0.2) is 42.7 Å². The number of carbonyl (C=O) groups is 1. The van der Waals surface area contributed by atoms with E-state index in [0.29, 0.717) is 31.5 Å². The van der Waals surface area contributed by atoms with Crippen LogP contribution in [0.5, 0.6) is 0 Å². The van der Waals surface area contributed by atoms with Crippen molar-refractivity contribution >= 4 is 18.3 Å². The van der Waals surface area contributed by atoms with Crippen LogP contribution < -0.4 is 10.6 Å². The number of amides is 1. The standard InChI is InChI=1S/C18H21F3N4O.ClH/c1-13(14-4-2-5-15(12-14)18(19,20)21)24-16(26)17(6-9-22-10-7-17)25-11-3-8-23-25;/h2-5,8,11-13,22H,6-7,9-10H2,1H3,(H,24,26);1H. The van der Waals surface area contributed by atoms with Crippen molar-refractivity contribution < 1.29 is 18.0 Å². The predicted molar refractivity (Wildman–Crippen MR) is 97.6 cm³/mol. The second kappa shape index (κ2) is 8.31. The van der Waals surface area contributed by atoms with E-state index in [1.165, 1.54) is 6.07 Å². The van der Waals surface area contributed by atoms with Crippen LogP contribution in [0.4, 0.5) is 13.2 Å². The molecule has 0 bridgehead atoms. The highest BCUT2D eigenvalue weighted by atomic mass is 35.5. The lowest BCUT2D eigenvalue weighted by atomic mass is 9.87. The summed E-state index contributed by atoms with van der Waals surface area (Å²) in [7, 11) is 0. The Kier molecular flexibility index (Phi) is 6.54. The van der Waals surface area contributed by atoms with Gasteiger partial charge in [0.1, 0.15) is 5.54 Å². The minimum Gasteiger partial charge on any atom is -0.347 e. The number of alkyl halides is 3. The van der Waals surface area contributed by atoms with Crippen molar-refractivity contribution in [1.29, 1.82) is 0 Å². The number of rotatable bonds is 4. The molecule has 0 aliphatic carbocycles. The Bertz CT molecular complexity index is 758. The molecule has 1 aliphatic rings. The molecule has 148 valence electrons. The van der Waals surface area contributed by atoms with Crippen molar-refractivity contribution in [2.75, 3.05) is 13.1 Å². The molecule has 5 nitrogen and oxygen atoms in total. The Morgan fingerprint density at radius 2 is 2.00 bits per heavy atom. The molecule has 1 atom stereocenters. The number of piperidine rings is 1. The summed E-state index contributed by atoms with van der Waals surface area (Å²) in [5.41, 5.74) is -1.14. The van der Waals surface area contributed by atoms with E-state index in [1.54, 1.807) is 36.1 Å². The Morgan fingerprint density at radius 3 is 2.59 bits per heavy atom. The van der Waals surface area contributed by atoms with Crippen molar-refractivity contribution in [3.8, 4) is 0 Å². The summed E-state index contributed by atoms with van der Waals surface area (Å²) in [5.74, 6) is -0.229. The van der Waals surface area contributed by atoms with Crippen LogP contribution in [-0.4, -0.2) is 28.8 Å². The van der Waals surface area contributed by atoms with E-state index in [2.05, 4.69) is 15.7 Å². The van der Waals surface area contributed by atoms with E-state index in [1.807, 2.05) is 0 Å². The van der Waals surface area contributed by atoms with E-state index in [-0.39, 0.29) is 18.3 Å². The molecule has 0 saturated carbocycles. The quantitative estimate of drug-likeness (QED) is 0.825. The first-order valence-electron chi connectivity index (χ1n) is 8.52. The van der Waals surface area contributed by atoms with Gasteiger partial charge in [-0.2, -0.15) is 18.3 Å². The van der Waals surface area contributed by atoms with Crippen LogP contribution in [0.25, 0.3) is 0 Å². The summed E-state index contributed by atoms with van der Waals surface area (Å²) in [4.78, 5) is 13.1. The SMILES string of the molecule is CC(NC(=O)C1(n2cccn2)CCNCC1)c1cccc(C(F)(F)F)c1.Cl. The Balaban J connectivity index is 0.00000261. The lowest BCUT2D eigenvalue weighted by Crippen LogP contribution is -2.55. The third-order valence-corrected chi connectivity index (χ3v) is 4.86. The molecule has 0 spiro atoms. The highest BCUT2D eigenvalue weighted by molar-refractivity contribution is 5.85. The second-order valence-electron chi connectivity index (χ2n) is 6.55. The number of carbonyl (C=O) groups excluding carboxylic acids is 1. The van der Waals surface area contributed by atoms with E-state index in [4.69, 9.17) is 0 Å². The van der Waals surface area contributed by atoms with E-state index >= 15 is 0 Å². The third-order valence-electron chi connectivity index (χ3n) is 4.86. The molecule has 2 N–H and O–H groups in total. The van der Waals surface area contributed by atoms with Crippen LogP contribution in [0.3, 0.4) is 0 Å². The molecular weight excluding hydrogens is 381 g/mol. The first-order valence-corrected chi connectivity index (χ1v) is 8.52. The molecule has 1 unspecified atom stereocenters. The Labute approximate surface area is 161 Å². The fourth-order valence-electron chi connectivity index (χ4n) is 3.32. The zero-order chi connectivity index (χ0) is 18.8. The predicted octanol–water partition coefficient (Wildman–Crippen LogP) is 3.28. The van der Waals surface area contributed by atoms with Gasteiger partial charge in [0, 0.05) is 12.4 Å². The van der Waals surface area contributed by atoms with Gasteiger partial charge in [-0.3, -0.25) is 9.48 Å². The Morgan fingerprint density at radius 1 is 1.30 bits per heavy atom. The smallest absolute Gasteiger partial charge is 0.347 e. The minimum atomic E-state index is -4.41. The number of hydrogen-bond acceptors (Lipinski definition) is 3. The molecule has 1 aromatic heterocycles. The summed E-state index contributed by atoms with van der Waals surface area (Å²) in [6, 6.07) is 6.25. The molecule has 2 heterocycles. The van der Waals surface area contributed by atoms with Gasteiger partial charge in [0.25, 0.3) is 0 Å². The van der Waals surface area contributed by atoms with Gasteiger partial charge in [0.2, 0.25) is 5.91 Å². The average Bonchev–Trinajstić information content (AvgIpc) is 3.17. The molecule has 27 heavy (non-hydrogen) atoms. The van der Waals surface area contributed by atoms with Crippen molar-refractivity contribution in [2.45, 2.75) is 37.5 Å². The monoisotopic (exact) mass is 402 g/mol. The summed E-state index contributed by atoms with van der Waals surface area (Å²) in [6.07, 6.45) is 0.0872. The van der Waals surface area contributed by atoms with Crippen molar-refractivity contribution in [3.05, 3.63) is 53.9 Å². The zero-order valence-electron chi connectivity index (χ0n) is 14.8. The summed E-state index contributed by atoms with van der Waals surface area (Å²) >= 11 is 0. The highest BCUT2D eigenvalue weighted by Gasteiger charge is 2.42. The maximum absolute atomic E-state index is 13.1. The summed E-state index contributed by atoms with van der Waals surface area (Å²) < 4.78 is 40.4. The number of aromatic nitrogens is 2. The summed E-state index contributed by atoms with van der Waals surface area (Å²) in [6.45, 7) is 3.03. The molecule has 1 saturated heterocycles. The van der Waals surface area contributed by atoms with Gasteiger partial charge < -0.3 is 10.6 Å². The van der Waals surface area contributed by atoms with Gasteiger partial charge in [-0.25, -0.2) is 0 Å². The summed E-state index contributed by atoms with van der Waals surface area (Å²) in [5, 5.41) is 10.3. The highest BCUT2D eigenvalue weighted by Crippen LogP contribution is 2.32. The zero-order valence-corrected chi connectivity index (χ0v) is 15.6. The molecular formula is C18H22ClF3N4O. The molecule has 0 radical (unpaired) electrons. The van der Waals surface area contributed by atoms with Crippen LogP contribution in [0, 0.1) is 0 Å². The van der Waals surface area contributed by atoms with Crippen LogP contribution >= 0.6 is 12.4 Å². The molecule has 9 heteroatoms. The molecule has 1 aliphatic heterocycles. The number of nitrogens with zero attached hydrogens (tertiary/aromatic N) is 2. The number of benzene rings is 1. The lowest BCUT2D eigenvalue weighted by molar-refractivity contribution is -0.137. The molecule has 1 aromatic carbocycles. The topological polar surface area (TPSA) is 59.0 Å². The van der Waals surface area contributed by atoms with E-state index in [0.717, 1.165) is 12.1 Å². The van der Waals surface area contributed by atoms with Gasteiger partial charge in [-0.15, -0.1) is 12.4 Å². The maximum Gasteiger partial charge on any atom is 0.416 e. The van der Waals surface area contributed by atoms with Crippen LogP contribution in [-0.2, 0) is 16.5 Å². The fourth-order valence-corrected chi connectivity index (χ4v) is 3.32. The first-order chi connectivity index (χ1) is 12.3. The maximum atomic E-state index is 13.1. The lowest BCUT2D eigenvalue weighted by Gasteiger charge is -2.37. The largest absolute Gasteiger partial charge is 0.416 e. The number of halogens is 4. The normalized spacial score (nSPS) is 17.6. The van der Waals surface area contributed by atoms with E-state index in [9.17, 15) is 18.0 Å². The van der Waals surface area contributed by atoms with Gasteiger partial charge in [0.15, 0.2) is 0 Å². The fraction of sp³-hybridized carbons (Fsp3) is 0.444. The van der Waals surface area contributed by atoms with Crippen LogP contribution in [0.1, 0.15) is 36.9 Å². The first kappa shape index (κ1) is 21.2. The molecule has 3 rings (SSSR count).